The van der Waals surface area contributed by atoms with Crippen LogP contribution in [-0.2, 0) is 4.74 Å². The average Bonchev–Trinajstić information content (AvgIpc) is 3.61. The van der Waals surface area contributed by atoms with Crippen LogP contribution in [0.1, 0.15) is 124 Å². The van der Waals surface area contributed by atoms with Gasteiger partial charge in [-0.25, -0.2) is 14.2 Å². The normalized spacial score (nSPS) is 19.9. The number of hydrogen-bond donors (Lipinski definition) is 1. The number of imidazole rings is 1. The van der Waals surface area contributed by atoms with Gasteiger partial charge in [-0.3, -0.25) is 4.79 Å². The molecule has 2 unspecified atom stereocenters. The van der Waals surface area contributed by atoms with E-state index >= 15 is 4.39 Å². The number of ether oxygens (including phenoxy) is 1. The summed E-state index contributed by atoms with van der Waals surface area (Å²) in [6, 6.07) is 3.19. The molecular weight excluding hydrogens is 511 g/mol. The van der Waals surface area contributed by atoms with E-state index in [0.717, 1.165) is 32.1 Å². The Morgan fingerprint density at radius 1 is 1.12 bits per heavy atom. The predicted molar refractivity (Wildman–Crippen MR) is 150 cm³/mol. The Labute approximate surface area is 235 Å². The van der Waals surface area contributed by atoms with Crippen LogP contribution in [0.4, 0.5) is 9.18 Å². The minimum atomic E-state index is -0.627. The van der Waals surface area contributed by atoms with Crippen LogP contribution in [0.5, 0.6) is 0 Å². The number of fused-ring (bicyclic) bond motifs is 1. The Morgan fingerprint density at radius 2 is 1.85 bits per heavy atom. The summed E-state index contributed by atoms with van der Waals surface area (Å²) in [6.45, 7) is 7.78. The van der Waals surface area contributed by atoms with Crippen molar-refractivity contribution in [1.29, 1.82) is 0 Å². The van der Waals surface area contributed by atoms with Gasteiger partial charge in [0.25, 0.3) is 0 Å². The Kier molecular flexibility index (Phi) is 8.29. The zero-order chi connectivity index (χ0) is 28.4. The van der Waals surface area contributed by atoms with Crippen LogP contribution in [0.15, 0.2) is 22.9 Å². The molecule has 0 spiro atoms. The summed E-state index contributed by atoms with van der Waals surface area (Å²) in [5.41, 5.74) is 1.75. The Hall–Kier alpha value is -3.23. The van der Waals surface area contributed by atoms with Gasteiger partial charge in [-0.05, 0) is 65.4 Å². The quantitative estimate of drug-likeness (QED) is 0.313. The van der Waals surface area contributed by atoms with Crippen molar-refractivity contribution in [3.05, 3.63) is 46.9 Å². The van der Waals surface area contributed by atoms with Crippen LogP contribution in [-0.4, -0.2) is 44.0 Å². The third-order valence-corrected chi connectivity index (χ3v) is 8.41. The second kappa shape index (κ2) is 11.7. The van der Waals surface area contributed by atoms with Crippen molar-refractivity contribution >= 4 is 22.9 Å². The molecular formula is C31H41FN4O4. The zero-order valence-corrected chi connectivity index (χ0v) is 24.1. The first-order valence-corrected chi connectivity index (χ1v) is 14.7. The highest BCUT2D eigenvalue weighted by molar-refractivity contribution is 5.97. The maximum Gasteiger partial charge on any atom is 0.410 e. The highest BCUT2D eigenvalue weighted by atomic mass is 19.1. The summed E-state index contributed by atoms with van der Waals surface area (Å²) in [5.74, 6) is 0.295. The molecule has 1 saturated carbocycles. The largest absolute Gasteiger partial charge is 0.444 e. The lowest BCUT2D eigenvalue weighted by Gasteiger charge is -2.29. The Balaban J connectivity index is 1.47. The Morgan fingerprint density at radius 3 is 2.52 bits per heavy atom. The number of benzene rings is 1. The second-order valence-corrected chi connectivity index (χ2v) is 12.5. The number of nitrogens with one attached hydrogen (secondary N) is 1. The summed E-state index contributed by atoms with van der Waals surface area (Å²) in [7, 11) is 0. The summed E-state index contributed by atoms with van der Waals surface area (Å²) >= 11 is 0. The molecule has 2 aliphatic rings. The molecule has 1 aliphatic heterocycles. The molecule has 1 saturated heterocycles. The fourth-order valence-electron chi connectivity index (χ4n) is 6.39. The van der Waals surface area contributed by atoms with Gasteiger partial charge < -0.3 is 19.1 Å². The molecule has 216 valence electrons. The molecule has 0 bridgehead atoms. The topological polar surface area (TPSA) is 101 Å². The first kappa shape index (κ1) is 28.3. The summed E-state index contributed by atoms with van der Waals surface area (Å²) in [6.07, 6.45) is 10.6. The van der Waals surface area contributed by atoms with Crippen LogP contribution in [0, 0.1) is 18.7 Å². The Bertz CT molecular complexity index is 1350. The number of carbonyl (C=O) groups excluding carboxylic acids is 2. The highest BCUT2D eigenvalue weighted by Gasteiger charge is 2.36. The van der Waals surface area contributed by atoms with Gasteiger partial charge in [0.2, 0.25) is 0 Å². The SMILES string of the molecule is Cc1nocc1C(=O)CC(c1nc2c(F)c(C3CCCN3C(=O)OC(C)(C)C)ccc2[nH]1)C1CCCCCCC1. The van der Waals surface area contributed by atoms with Crippen LogP contribution < -0.4 is 0 Å². The molecule has 9 heteroatoms. The summed E-state index contributed by atoms with van der Waals surface area (Å²) < 4.78 is 26.8. The van der Waals surface area contributed by atoms with E-state index in [1.54, 1.807) is 17.9 Å². The van der Waals surface area contributed by atoms with Crippen molar-refractivity contribution in [1.82, 2.24) is 20.0 Å². The van der Waals surface area contributed by atoms with Crippen molar-refractivity contribution in [2.24, 2.45) is 5.92 Å². The molecule has 2 fully saturated rings. The zero-order valence-electron chi connectivity index (χ0n) is 24.1. The number of ketones is 1. The number of halogens is 1. The van der Waals surface area contributed by atoms with Gasteiger partial charge in [-0.2, -0.15) is 0 Å². The fourth-order valence-corrected chi connectivity index (χ4v) is 6.39. The lowest BCUT2D eigenvalue weighted by molar-refractivity contribution is 0.0222. The van der Waals surface area contributed by atoms with Crippen LogP contribution in [0.25, 0.3) is 11.0 Å². The van der Waals surface area contributed by atoms with Crippen molar-refractivity contribution in [2.75, 3.05) is 6.54 Å². The number of H-pyrrole nitrogens is 1. The number of rotatable bonds is 6. The number of amides is 1. The molecule has 2 atom stereocenters. The molecule has 2 aromatic heterocycles. The number of likely N-dealkylation sites (tertiary alicyclic amines) is 1. The molecule has 1 aromatic carbocycles. The van der Waals surface area contributed by atoms with Gasteiger partial charge in [0.15, 0.2) is 11.6 Å². The first-order chi connectivity index (χ1) is 19.1. The average molecular weight is 553 g/mol. The molecule has 1 aliphatic carbocycles. The molecule has 1 amide bonds. The van der Waals surface area contributed by atoms with Gasteiger partial charge in [0.1, 0.15) is 23.2 Å². The van der Waals surface area contributed by atoms with Crippen molar-refractivity contribution in [3.8, 4) is 0 Å². The highest BCUT2D eigenvalue weighted by Crippen LogP contribution is 2.40. The molecule has 5 rings (SSSR count). The standard InChI is InChI=1S/C31H41FN4O4/c1-19-23(18-39-35-19)26(37)17-22(20-11-8-6-5-7-9-12-20)29-33-24-15-14-21(27(32)28(24)34-29)25-13-10-16-36(25)30(38)40-31(2,3)4/h14-15,18,20,22,25H,5-13,16-17H2,1-4H3,(H,33,34). The first-order valence-electron chi connectivity index (χ1n) is 14.7. The van der Waals surface area contributed by atoms with Crippen molar-refractivity contribution in [2.45, 2.75) is 109 Å². The number of aryl methyl sites for hydroxylation is 1. The van der Waals surface area contributed by atoms with Crippen LogP contribution in [0.3, 0.4) is 0 Å². The van der Waals surface area contributed by atoms with E-state index in [2.05, 4.69) is 10.1 Å². The third-order valence-electron chi connectivity index (χ3n) is 8.41. The maximum atomic E-state index is 16.1. The molecule has 1 N–H and O–H groups in total. The molecule has 3 heterocycles. The molecule has 0 radical (unpaired) electrons. The summed E-state index contributed by atoms with van der Waals surface area (Å²) in [4.78, 5) is 36.0. The number of aromatic amines is 1. The van der Waals surface area contributed by atoms with Crippen LogP contribution >= 0.6 is 0 Å². The lowest BCUT2D eigenvalue weighted by Crippen LogP contribution is -2.36. The smallest absolute Gasteiger partial charge is 0.410 e. The predicted octanol–water partition coefficient (Wildman–Crippen LogP) is 7.79. The van der Waals surface area contributed by atoms with Gasteiger partial charge >= 0.3 is 6.09 Å². The number of aromatic nitrogens is 3. The van der Waals surface area contributed by atoms with Crippen molar-refractivity contribution in [3.63, 3.8) is 0 Å². The van der Waals surface area contributed by atoms with Gasteiger partial charge in [-0.15, -0.1) is 0 Å². The minimum Gasteiger partial charge on any atom is -0.444 e. The molecule has 3 aromatic rings. The van der Waals surface area contributed by atoms with E-state index < -0.39 is 23.6 Å². The fraction of sp³-hybridized carbons (Fsp3) is 0.613. The van der Waals surface area contributed by atoms with Crippen molar-refractivity contribution < 1.29 is 23.2 Å². The minimum absolute atomic E-state index is 0.0358. The van der Waals surface area contributed by atoms with E-state index in [1.807, 2.05) is 26.8 Å². The van der Waals surface area contributed by atoms with Gasteiger partial charge in [0, 0.05) is 24.4 Å². The molecule has 40 heavy (non-hydrogen) atoms. The lowest BCUT2D eigenvalue weighted by atomic mass is 9.78. The monoisotopic (exact) mass is 552 g/mol. The third kappa shape index (κ3) is 6.08. The van der Waals surface area contributed by atoms with E-state index in [9.17, 15) is 9.59 Å². The number of Topliss-reactive ketones (excluding diaryl/α,β-unsaturated/α-hetero) is 1. The van der Waals surface area contributed by atoms with E-state index in [4.69, 9.17) is 14.2 Å². The van der Waals surface area contributed by atoms with Crippen LogP contribution in [0.2, 0.25) is 0 Å². The number of nitrogens with zero attached hydrogens (tertiary/aromatic N) is 3. The number of carbonyl (C=O) groups is 2. The van der Waals surface area contributed by atoms with E-state index in [0.29, 0.717) is 41.1 Å². The maximum absolute atomic E-state index is 16.1. The van der Waals surface area contributed by atoms with E-state index in [1.165, 1.54) is 25.5 Å². The molecule has 8 nitrogen and oxygen atoms in total. The number of hydrogen-bond acceptors (Lipinski definition) is 6. The second-order valence-electron chi connectivity index (χ2n) is 12.5. The van der Waals surface area contributed by atoms with Gasteiger partial charge in [0.05, 0.1) is 22.8 Å². The van der Waals surface area contributed by atoms with E-state index in [-0.39, 0.29) is 29.6 Å². The summed E-state index contributed by atoms with van der Waals surface area (Å²) in [5, 5.41) is 3.88. The van der Waals surface area contributed by atoms with Gasteiger partial charge in [-0.1, -0.05) is 43.3 Å².